The molecule has 1 unspecified atom stereocenters. The van der Waals surface area contributed by atoms with E-state index in [-0.39, 0.29) is 5.92 Å². The van der Waals surface area contributed by atoms with E-state index in [1.165, 1.54) is 0 Å². The van der Waals surface area contributed by atoms with Gasteiger partial charge in [0.15, 0.2) is 6.29 Å². The third-order valence-corrected chi connectivity index (χ3v) is 4.99. The van der Waals surface area contributed by atoms with Gasteiger partial charge in [-0.2, -0.15) is 0 Å². The van der Waals surface area contributed by atoms with Crippen molar-refractivity contribution in [3.8, 4) is 11.5 Å². The summed E-state index contributed by atoms with van der Waals surface area (Å²) in [5, 5.41) is 0. The summed E-state index contributed by atoms with van der Waals surface area (Å²) in [6, 6.07) is 11.7. The van der Waals surface area contributed by atoms with Crippen molar-refractivity contribution in [3.63, 3.8) is 0 Å². The van der Waals surface area contributed by atoms with E-state index in [2.05, 4.69) is 6.07 Å². The molecule has 0 spiro atoms. The van der Waals surface area contributed by atoms with Crippen LogP contribution in [0.25, 0.3) is 0 Å². The molecule has 0 bridgehead atoms. The highest BCUT2D eigenvalue weighted by Crippen LogP contribution is 2.33. The third kappa shape index (κ3) is 5.19. The number of hydrogen-bond donors (Lipinski definition) is 0. The largest absolute Gasteiger partial charge is 0.496 e. The molecule has 0 aromatic heterocycles. The first kappa shape index (κ1) is 20.7. The summed E-state index contributed by atoms with van der Waals surface area (Å²) in [6.45, 7) is 4.02. The Hall–Kier alpha value is -2.62. The second-order valence-corrected chi connectivity index (χ2v) is 6.76. The molecule has 4 heteroatoms. The van der Waals surface area contributed by atoms with Crippen molar-refractivity contribution < 1.29 is 19.1 Å². The zero-order valence-corrected chi connectivity index (χ0v) is 16.6. The van der Waals surface area contributed by atoms with Gasteiger partial charge in [0.1, 0.15) is 17.3 Å². The Balaban J connectivity index is 2.23. The molecule has 2 aromatic carbocycles. The predicted molar refractivity (Wildman–Crippen MR) is 107 cm³/mol. The minimum atomic E-state index is 0.118. The Kier molecular flexibility index (Phi) is 7.59. The summed E-state index contributed by atoms with van der Waals surface area (Å²) in [5.74, 6) is 1.66. The molecule has 0 radical (unpaired) electrons. The van der Waals surface area contributed by atoms with Crippen molar-refractivity contribution in [1.29, 1.82) is 0 Å². The molecule has 0 N–H and O–H groups in total. The summed E-state index contributed by atoms with van der Waals surface area (Å²) in [5.41, 5.74) is 3.57. The lowest BCUT2D eigenvalue weighted by Crippen LogP contribution is -2.10. The predicted octanol–water partition coefficient (Wildman–Crippen LogP) is 4.65. The minimum Gasteiger partial charge on any atom is -0.496 e. The highest BCUT2D eigenvalue weighted by Gasteiger charge is 2.16. The molecule has 27 heavy (non-hydrogen) atoms. The number of carbonyl (C=O) groups excluding carboxylic acids is 2. The summed E-state index contributed by atoms with van der Waals surface area (Å²) in [4.78, 5) is 23.4. The molecule has 0 aliphatic rings. The Labute approximate surface area is 161 Å². The molecule has 0 saturated heterocycles. The van der Waals surface area contributed by atoms with Gasteiger partial charge < -0.3 is 9.47 Å². The molecule has 144 valence electrons. The number of benzene rings is 2. The topological polar surface area (TPSA) is 52.6 Å². The zero-order chi connectivity index (χ0) is 19.8. The normalized spacial score (nSPS) is 11.7. The van der Waals surface area contributed by atoms with Gasteiger partial charge >= 0.3 is 0 Å². The number of hydrogen-bond acceptors (Lipinski definition) is 4. The lowest BCUT2D eigenvalue weighted by Gasteiger charge is -2.15. The average molecular weight is 368 g/mol. The van der Waals surface area contributed by atoms with Crippen molar-refractivity contribution in [2.75, 3.05) is 14.2 Å². The molecular formula is C23H28O4. The molecule has 0 amide bonds. The lowest BCUT2D eigenvalue weighted by atomic mass is 9.95. The van der Waals surface area contributed by atoms with E-state index in [1.807, 2.05) is 32.0 Å². The first-order chi connectivity index (χ1) is 13.0. The van der Waals surface area contributed by atoms with Gasteiger partial charge in [0.2, 0.25) is 0 Å². The zero-order valence-electron chi connectivity index (χ0n) is 16.6. The molecule has 0 saturated carbocycles. The van der Waals surface area contributed by atoms with Crippen molar-refractivity contribution >= 4 is 12.1 Å². The first-order valence-electron chi connectivity index (χ1n) is 9.33. The van der Waals surface area contributed by atoms with Crippen LogP contribution in [-0.2, 0) is 17.6 Å². The summed E-state index contributed by atoms with van der Waals surface area (Å²) < 4.78 is 10.9. The van der Waals surface area contributed by atoms with Crippen LogP contribution in [-0.4, -0.2) is 26.3 Å². The SMILES string of the molecule is CCC(C)C(=O)CCc1cccc(Cc2c(OC)ccc(C=O)c2OC)c1. The van der Waals surface area contributed by atoms with E-state index in [9.17, 15) is 9.59 Å². The lowest BCUT2D eigenvalue weighted by molar-refractivity contribution is -0.122. The van der Waals surface area contributed by atoms with Crippen LogP contribution in [0.1, 0.15) is 53.7 Å². The molecule has 0 aliphatic carbocycles. The van der Waals surface area contributed by atoms with E-state index in [0.29, 0.717) is 35.7 Å². The van der Waals surface area contributed by atoms with Crippen molar-refractivity contribution in [1.82, 2.24) is 0 Å². The van der Waals surface area contributed by atoms with Gasteiger partial charge in [0.05, 0.1) is 19.8 Å². The van der Waals surface area contributed by atoms with Crippen LogP contribution in [0, 0.1) is 5.92 Å². The van der Waals surface area contributed by atoms with Crippen molar-refractivity contribution in [2.45, 2.75) is 39.5 Å². The van der Waals surface area contributed by atoms with E-state index in [1.54, 1.807) is 26.4 Å². The van der Waals surface area contributed by atoms with E-state index in [4.69, 9.17) is 9.47 Å². The van der Waals surface area contributed by atoms with Gasteiger partial charge in [0.25, 0.3) is 0 Å². The number of ether oxygens (including phenoxy) is 2. The molecule has 1 atom stereocenters. The maximum atomic E-state index is 12.1. The van der Waals surface area contributed by atoms with Crippen LogP contribution in [0.3, 0.4) is 0 Å². The van der Waals surface area contributed by atoms with Crippen LogP contribution in [0.15, 0.2) is 36.4 Å². The fourth-order valence-corrected chi connectivity index (χ4v) is 3.16. The molecule has 0 aliphatic heterocycles. The first-order valence-corrected chi connectivity index (χ1v) is 9.33. The van der Waals surface area contributed by atoms with Crippen LogP contribution in [0.4, 0.5) is 0 Å². The van der Waals surface area contributed by atoms with E-state index >= 15 is 0 Å². The number of ketones is 1. The number of aryl methyl sites for hydroxylation is 1. The second-order valence-electron chi connectivity index (χ2n) is 6.76. The smallest absolute Gasteiger partial charge is 0.153 e. The van der Waals surface area contributed by atoms with Crippen LogP contribution in [0.5, 0.6) is 11.5 Å². The standard InChI is InChI=1S/C23H28O4/c1-5-16(2)21(25)11-9-17-7-6-8-18(13-17)14-20-22(26-3)12-10-19(15-24)23(20)27-4/h6-8,10,12-13,15-16H,5,9,11,14H2,1-4H3. The molecule has 2 aromatic rings. The van der Waals surface area contributed by atoms with Crippen LogP contribution < -0.4 is 9.47 Å². The number of rotatable bonds is 10. The van der Waals surface area contributed by atoms with Gasteiger partial charge in [-0.25, -0.2) is 0 Å². The van der Waals surface area contributed by atoms with Gasteiger partial charge in [-0.05, 0) is 36.1 Å². The molecule has 2 rings (SSSR count). The summed E-state index contributed by atoms with van der Waals surface area (Å²) >= 11 is 0. The highest BCUT2D eigenvalue weighted by atomic mass is 16.5. The monoisotopic (exact) mass is 368 g/mol. The number of methoxy groups -OCH3 is 2. The molecule has 4 nitrogen and oxygen atoms in total. The maximum absolute atomic E-state index is 12.1. The minimum absolute atomic E-state index is 0.118. The van der Waals surface area contributed by atoms with E-state index in [0.717, 1.165) is 35.8 Å². The average Bonchev–Trinajstić information content (AvgIpc) is 2.71. The highest BCUT2D eigenvalue weighted by molar-refractivity contribution is 5.81. The van der Waals surface area contributed by atoms with Gasteiger partial charge in [-0.15, -0.1) is 0 Å². The fraction of sp³-hybridized carbons (Fsp3) is 0.391. The van der Waals surface area contributed by atoms with Crippen LogP contribution in [0.2, 0.25) is 0 Å². The molecule has 0 fully saturated rings. The van der Waals surface area contributed by atoms with Crippen molar-refractivity contribution in [2.24, 2.45) is 5.92 Å². The van der Waals surface area contributed by atoms with E-state index < -0.39 is 0 Å². The second kappa shape index (κ2) is 9.91. The maximum Gasteiger partial charge on any atom is 0.153 e. The molecule has 0 heterocycles. The summed E-state index contributed by atoms with van der Waals surface area (Å²) in [6.07, 6.45) is 3.55. The quantitative estimate of drug-likeness (QED) is 0.573. The van der Waals surface area contributed by atoms with Crippen LogP contribution >= 0.6 is 0 Å². The Morgan fingerprint density at radius 2 is 1.85 bits per heavy atom. The van der Waals surface area contributed by atoms with Gasteiger partial charge in [-0.1, -0.05) is 38.1 Å². The number of aldehydes is 1. The Bertz CT molecular complexity index is 795. The third-order valence-electron chi connectivity index (χ3n) is 4.99. The van der Waals surface area contributed by atoms with Crippen molar-refractivity contribution in [3.05, 3.63) is 58.7 Å². The summed E-state index contributed by atoms with van der Waals surface area (Å²) in [7, 11) is 3.16. The van der Waals surface area contributed by atoms with Gasteiger partial charge in [-0.3, -0.25) is 9.59 Å². The van der Waals surface area contributed by atoms with Gasteiger partial charge in [0, 0.05) is 24.3 Å². The number of carbonyl (C=O) groups is 2. The Morgan fingerprint density at radius 1 is 1.11 bits per heavy atom. The fourth-order valence-electron chi connectivity index (χ4n) is 3.16. The number of Topliss-reactive ketones (excluding diaryl/α,β-unsaturated/α-hetero) is 1. The Morgan fingerprint density at radius 3 is 2.48 bits per heavy atom. The molecular weight excluding hydrogens is 340 g/mol.